The fourth-order valence-corrected chi connectivity index (χ4v) is 4.21. The van der Waals surface area contributed by atoms with E-state index < -0.39 is 23.8 Å². The largest absolute Gasteiger partial charge is 0.448 e. The van der Waals surface area contributed by atoms with Crippen molar-refractivity contribution in [1.82, 2.24) is 0 Å². The molecule has 26 heavy (non-hydrogen) atoms. The van der Waals surface area contributed by atoms with Crippen molar-refractivity contribution in [3.8, 4) is 0 Å². The number of fused-ring (bicyclic) bond motifs is 1. The summed E-state index contributed by atoms with van der Waals surface area (Å²) in [6.45, 7) is 1.76. The molecule has 1 amide bonds. The monoisotopic (exact) mass is 395 g/mol. The number of amides is 1. The van der Waals surface area contributed by atoms with Crippen LogP contribution in [-0.2, 0) is 22.4 Å². The molecule has 1 aromatic carbocycles. The van der Waals surface area contributed by atoms with Crippen LogP contribution >= 0.6 is 22.9 Å². The topological polar surface area (TPSA) is 55.4 Å². The average molecular weight is 396 g/mol. The van der Waals surface area contributed by atoms with E-state index in [1.165, 1.54) is 40.0 Å². The number of hydrogen-bond donors (Lipinski definition) is 1. The summed E-state index contributed by atoms with van der Waals surface area (Å²) in [6, 6.07) is 5.77. The predicted molar refractivity (Wildman–Crippen MR) is 100 cm³/mol. The number of carbonyl (C=O) groups is 2. The highest BCUT2D eigenvalue weighted by Crippen LogP contribution is 2.30. The lowest BCUT2D eigenvalue weighted by atomic mass is 9.99. The van der Waals surface area contributed by atoms with E-state index in [4.69, 9.17) is 16.3 Å². The van der Waals surface area contributed by atoms with Gasteiger partial charge in [-0.15, -0.1) is 11.3 Å². The van der Waals surface area contributed by atoms with Crippen molar-refractivity contribution in [2.75, 3.05) is 5.32 Å². The molecule has 0 bridgehead atoms. The van der Waals surface area contributed by atoms with Gasteiger partial charge in [-0.2, -0.15) is 0 Å². The van der Waals surface area contributed by atoms with Crippen LogP contribution in [0.2, 0.25) is 5.02 Å². The number of halogens is 2. The number of carbonyl (C=O) groups excluding carboxylic acids is 2. The molecule has 7 heteroatoms. The van der Waals surface area contributed by atoms with E-state index in [1.807, 2.05) is 6.07 Å². The number of rotatable bonds is 5. The highest BCUT2D eigenvalue weighted by Gasteiger charge is 2.25. The van der Waals surface area contributed by atoms with Gasteiger partial charge in [0.25, 0.3) is 5.91 Å². The number of thiophene rings is 1. The smallest absolute Gasteiger partial charge is 0.349 e. The number of benzene rings is 1. The Morgan fingerprint density at radius 1 is 1.31 bits per heavy atom. The summed E-state index contributed by atoms with van der Waals surface area (Å²) in [5.41, 5.74) is 1.56. The molecule has 1 unspecified atom stereocenters. The lowest BCUT2D eigenvalue weighted by Gasteiger charge is -2.15. The van der Waals surface area contributed by atoms with Crippen LogP contribution in [0.3, 0.4) is 0 Å². The number of ether oxygens (including phenoxy) is 1. The zero-order valence-corrected chi connectivity index (χ0v) is 15.9. The second-order valence-electron chi connectivity index (χ2n) is 6.19. The quantitative estimate of drug-likeness (QED) is 0.725. The molecule has 0 fully saturated rings. The second kappa shape index (κ2) is 8.18. The predicted octanol–water partition coefficient (Wildman–Crippen LogP) is 4.99. The van der Waals surface area contributed by atoms with E-state index in [-0.39, 0.29) is 5.02 Å². The Bertz CT molecular complexity index is 813. The Morgan fingerprint density at radius 2 is 2.08 bits per heavy atom. The van der Waals surface area contributed by atoms with Gasteiger partial charge in [-0.1, -0.05) is 18.5 Å². The molecule has 0 saturated heterocycles. The van der Waals surface area contributed by atoms with Crippen molar-refractivity contribution >= 4 is 40.5 Å². The number of hydrogen-bond acceptors (Lipinski definition) is 4. The molecule has 1 aliphatic rings. The summed E-state index contributed by atoms with van der Waals surface area (Å²) in [5.74, 6) is -1.52. The lowest BCUT2D eigenvalue weighted by molar-refractivity contribution is -0.124. The van der Waals surface area contributed by atoms with Crippen LogP contribution in [-0.4, -0.2) is 18.0 Å². The Morgan fingerprint density at radius 3 is 2.77 bits per heavy atom. The van der Waals surface area contributed by atoms with Gasteiger partial charge in [-0.05, 0) is 61.9 Å². The van der Waals surface area contributed by atoms with Crippen LogP contribution in [0, 0.1) is 5.82 Å². The van der Waals surface area contributed by atoms with Gasteiger partial charge >= 0.3 is 5.97 Å². The van der Waals surface area contributed by atoms with Crippen molar-refractivity contribution in [2.24, 2.45) is 0 Å². The van der Waals surface area contributed by atoms with Crippen LogP contribution in [0.1, 0.15) is 46.3 Å². The molecule has 4 nitrogen and oxygen atoms in total. The van der Waals surface area contributed by atoms with E-state index in [9.17, 15) is 14.0 Å². The summed E-state index contributed by atoms with van der Waals surface area (Å²) in [5, 5.41) is 2.52. The number of aryl methyl sites for hydroxylation is 2. The van der Waals surface area contributed by atoms with Gasteiger partial charge < -0.3 is 10.1 Å². The van der Waals surface area contributed by atoms with Gasteiger partial charge in [0.1, 0.15) is 10.7 Å². The maximum atomic E-state index is 13.2. The third-order valence-electron chi connectivity index (χ3n) is 4.30. The third kappa shape index (κ3) is 4.24. The van der Waals surface area contributed by atoms with E-state index >= 15 is 0 Å². The zero-order valence-electron chi connectivity index (χ0n) is 14.3. The van der Waals surface area contributed by atoms with E-state index in [0.717, 1.165) is 25.7 Å². The van der Waals surface area contributed by atoms with E-state index in [1.54, 1.807) is 6.92 Å². The Kier molecular flexibility index (Phi) is 5.94. The summed E-state index contributed by atoms with van der Waals surface area (Å²) >= 11 is 7.16. The van der Waals surface area contributed by atoms with Gasteiger partial charge in [0.15, 0.2) is 6.10 Å². The van der Waals surface area contributed by atoms with Crippen LogP contribution in [0.25, 0.3) is 0 Å². The first-order valence-electron chi connectivity index (χ1n) is 8.56. The van der Waals surface area contributed by atoms with Gasteiger partial charge in [-0.3, -0.25) is 4.79 Å². The van der Waals surface area contributed by atoms with Crippen molar-refractivity contribution in [3.05, 3.63) is 50.4 Å². The van der Waals surface area contributed by atoms with E-state index in [2.05, 4.69) is 5.32 Å². The van der Waals surface area contributed by atoms with Crippen LogP contribution in [0.4, 0.5) is 10.1 Å². The maximum absolute atomic E-state index is 13.2. The van der Waals surface area contributed by atoms with Crippen LogP contribution < -0.4 is 5.32 Å². The molecule has 1 heterocycles. The first-order valence-corrected chi connectivity index (χ1v) is 9.76. The maximum Gasteiger partial charge on any atom is 0.349 e. The summed E-state index contributed by atoms with van der Waals surface area (Å²) in [6.07, 6.45) is 3.67. The first-order chi connectivity index (χ1) is 12.5. The molecular weight excluding hydrogens is 377 g/mol. The molecule has 0 aliphatic heterocycles. The third-order valence-corrected chi connectivity index (χ3v) is 5.80. The van der Waals surface area contributed by atoms with Crippen molar-refractivity contribution in [3.63, 3.8) is 0 Å². The highest BCUT2D eigenvalue weighted by molar-refractivity contribution is 7.14. The van der Waals surface area contributed by atoms with E-state index in [0.29, 0.717) is 17.0 Å². The SMILES string of the molecule is CCC(OC(=O)c1cc2c(s1)CCCC2)C(=O)Nc1ccc(F)c(Cl)c1. The number of nitrogens with one attached hydrogen (secondary N) is 1. The lowest BCUT2D eigenvalue weighted by Crippen LogP contribution is -2.31. The highest BCUT2D eigenvalue weighted by atomic mass is 35.5. The van der Waals surface area contributed by atoms with Gasteiger partial charge in [0.05, 0.1) is 5.02 Å². The Hall–Kier alpha value is -1.92. The molecule has 1 aromatic heterocycles. The molecule has 2 aromatic rings. The number of esters is 1. The summed E-state index contributed by atoms with van der Waals surface area (Å²) < 4.78 is 18.6. The van der Waals surface area contributed by atoms with Crippen LogP contribution in [0.15, 0.2) is 24.3 Å². The molecule has 3 rings (SSSR count). The molecule has 1 N–H and O–H groups in total. The fraction of sp³-hybridized carbons (Fsp3) is 0.368. The van der Waals surface area contributed by atoms with Crippen molar-refractivity contribution in [2.45, 2.75) is 45.1 Å². The van der Waals surface area contributed by atoms with Crippen LogP contribution in [0.5, 0.6) is 0 Å². The minimum absolute atomic E-state index is 0.0861. The fourth-order valence-electron chi connectivity index (χ4n) is 2.90. The Labute approximate surface area is 160 Å². The molecule has 1 atom stereocenters. The number of anilines is 1. The average Bonchev–Trinajstić information content (AvgIpc) is 3.06. The standard InChI is InChI=1S/C19H19ClFNO3S/c1-2-15(18(23)22-12-7-8-14(21)13(20)10-12)25-19(24)17-9-11-5-3-4-6-16(11)26-17/h7-10,15H,2-6H2,1H3,(H,22,23). The second-order valence-corrected chi connectivity index (χ2v) is 7.73. The summed E-state index contributed by atoms with van der Waals surface area (Å²) in [4.78, 5) is 26.6. The minimum atomic E-state index is -0.926. The molecular formula is C19H19ClFNO3S. The molecule has 0 radical (unpaired) electrons. The normalized spacial score (nSPS) is 14.4. The van der Waals surface area contributed by atoms with Gasteiger partial charge in [0, 0.05) is 10.6 Å². The molecule has 1 aliphatic carbocycles. The molecule has 0 spiro atoms. The van der Waals surface area contributed by atoms with Gasteiger partial charge in [0.2, 0.25) is 0 Å². The molecule has 138 valence electrons. The van der Waals surface area contributed by atoms with Crippen molar-refractivity contribution in [1.29, 1.82) is 0 Å². The first kappa shape index (κ1) is 18.9. The van der Waals surface area contributed by atoms with Gasteiger partial charge in [-0.25, -0.2) is 9.18 Å². The summed E-state index contributed by atoms with van der Waals surface area (Å²) in [7, 11) is 0. The Balaban J connectivity index is 1.66. The van der Waals surface area contributed by atoms with Crippen molar-refractivity contribution < 1.29 is 18.7 Å². The zero-order chi connectivity index (χ0) is 18.7. The molecule has 0 saturated carbocycles. The minimum Gasteiger partial charge on any atom is -0.448 e.